The molecule has 0 amide bonds. The monoisotopic (exact) mass is 317 g/mol. The Morgan fingerprint density at radius 3 is 2.90 bits per heavy atom. The zero-order valence-corrected chi connectivity index (χ0v) is 13.9. The minimum atomic E-state index is -3.34. The molecule has 1 aromatic heterocycles. The number of hydrogen-bond donors (Lipinski definition) is 1. The lowest BCUT2D eigenvalue weighted by Gasteiger charge is -2.35. The summed E-state index contributed by atoms with van der Waals surface area (Å²) >= 11 is 1.49. The van der Waals surface area contributed by atoms with E-state index in [0.29, 0.717) is 30.6 Å². The van der Waals surface area contributed by atoms with Crippen molar-refractivity contribution in [3.63, 3.8) is 0 Å². The van der Waals surface area contributed by atoms with Gasteiger partial charge in [-0.15, -0.1) is 11.3 Å². The average Bonchev–Trinajstić information content (AvgIpc) is 2.88. The normalized spacial score (nSPS) is 21.5. The van der Waals surface area contributed by atoms with Gasteiger partial charge >= 0.3 is 0 Å². The molecule has 0 bridgehead atoms. The number of hydrogen-bond acceptors (Lipinski definition) is 5. The molecule has 1 aromatic rings. The van der Waals surface area contributed by atoms with Crippen molar-refractivity contribution < 1.29 is 8.42 Å². The smallest absolute Gasteiger partial charge is 0.243 e. The summed E-state index contributed by atoms with van der Waals surface area (Å²) in [6.45, 7) is 1.93. The highest BCUT2D eigenvalue weighted by Gasteiger charge is 2.31. The van der Waals surface area contributed by atoms with Crippen LogP contribution in [0.5, 0.6) is 0 Å². The first-order valence-electron chi connectivity index (χ1n) is 6.83. The first-order chi connectivity index (χ1) is 9.45. The van der Waals surface area contributed by atoms with Gasteiger partial charge in [-0.05, 0) is 40.1 Å². The summed E-state index contributed by atoms with van der Waals surface area (Å²) in [7, 11) is 2.55. The van der Waals surface area contributed by atoms with Crippen LogP contribution in [0.15, 0.2) is 16.3 Å². The molecule has 1 aliphatic heterocycles. The van der Waals surface area contributed by atoms with Crippen molar-refractivity contribution in [2.24, 2.45) is 0 Å². The molecule has 0 aromatic carbocycles. The number of rotatable bonds is 5. The van der Waals surface area contributed by atoms with Crippen molar-refractivity contribution in [2.75, 3.05) is 34.2 Å². The Bertz CT molecular complexity index is 540. The van der Waals surface area contributed by atoms with Crippen molar-refractivity contribution in [3.8, 4) is 0 Å². The molecule has 1 unspecified atom stereocenters. The molecular weight excluding hydrogens is 294 g/mol. The highest BCUT2D eigenvalue weighted by Crippen LogP contribution is 2.26. The molecule has 1 aliphatic rings. The van der Waals surface area contributed by atoms with E-state index >= 15 is 0 Å². The maximum atomic E-state index is 12.7. The van der Waals surface area contributed by atoms with E-state index in [1.54, 1.807) is 15.8 Å². The van der Waals surface area contributed by atoms with Gasteiger partial charge in [0.05, 0.1) is 4.90 Å². The second-order valence-electron chi connectivity index (χ2n) is 5.40. The molecule has 0 aliphatic carbocycles. The fraction of sp³-hybridized carbons (Fsp3) is 0.692. The quantitative estimate of drug-likeness (QED) is 0.886. The second kappa shape index (κ2) is 6.53. The maximum Gasteiger partial charge on any atom is 0.243 e. The predicted molar refractivity (Wildman–Crippen MR) is 82.6 cm³/mol. The minimum absolute atomic E-state index is 0.314. The van der Waals surface area contributed by atoms with Crippen molar-refractivity contribution in [1.82, 2.24) is 14.5 Å². The number of thiophene rings is 1. The Morgan fingerprint density at radius 1 is 1.50 bits per heavy atom. The Morgan fingerprint density at radius 2 is 2.25 bits per heavy atom. The average molecular weight is 317 g/mol. The highest BCUT2D eigenvalue weighted by atomic mass is 32.2. The van der Waals surface area contributed by atoms with E-state index in [4.69, 9.17) is 0 Å². The Balaban J connectivity index is 2.16. The zero-order valence-electron chi connectivity index (χ0n) is 12.3. The Labute approximate surface area is 125 Å². The molecule has 2 heterocycles. The summed E-state index contributed by atoms with van der Waals surface area (Å²) in [4.78, 5) is 3.60. The van der Waals surface area contributed by atoms with E-state index in [1.165, 1.54) is 11.3 Å². The van der Waals surface area contributed by atoms with E-state index < -0.39 is 10.0 Å². The zero-order chi connectivity index (χ0) is 14.8. The Hall–Kier alpha value is -0.470. The molecule has 0 saturated carbocycles. The van der Waals surface area contributed by atoms with Crippen LogP contribution >= 0.6 is 11.3 Å². The van der Waals surface area contributed by atoms with E-state index in [9.17, 15) is 8.42 Å². The molecular formula is C13H23N3O2S2. The number of nitrogens with one attached hydrogen (secondary N) is 1. The third kappa shape index (κ3) is 3.40. The van der Waals surface area contributed by atoms with Crippen LogP contribution in [-0.4, -0.2) is 57.9 Å². The van der Waals surface area contributed by atoms with E-state index in [2.05, 4.69) is 10.2 Å². The number of likely N-dealkylation sites (N-methyl/N-ethyl adjacent to an activating group) is 1. The molecule has 0 radical (unpaired) electrons. The molecule has 114 valence electrons. The third-order valence-electron chi connectivity index (χ3n) is 3.71. The van der Waals surface area contributed by atoms with Crippen LogP contribution in [0.25, 0.3) is 0 Å². The minimum Gasteiger partial charge on any atom is -0.315 e. The molecule has 1 N–H and O–H groups in total. The van der Waals surface area contributed by atoms with Gasteiger partial charge in [-0.2, -0.15) is 4.31 Å². The number of sulfonamides is 1. The summed E-state index contributed by atoms with van der Waals surface area (Å²) in [5.41, 5.74) is 0. The first kappa shape index (κ1) is 15.9. The van der Waals surface area contributed by atoms with Crippen LogP contribution < -0.4 is 5.32 Å². The molecule has 1 saturated heterocycles. The highest BCUT2D eigenvalue weighted by molar-refractivity contribution is 7.89. The van der Waals surface area contributed by atoms with Crippen LogP contribution in [-0.2, 0) is 16.6 Å². The number of nitrogens with zero attached hydrogens (tertiary/aromatic N) is 2. The summed E-state index contributed by atoms with van der Waals surface area (Å²) in [5, 5.41) is 4.80. The van der Waals surface area contributed by atoms with Crippen molar-refractivity contribution in [2.45, 2.75) is 30.3 Å². The van der Waals surface area contributed by atoms with Gasteiger partial charge in [0, 0.05) is 35.9 Å². The third-order valence-corrected chi connectivity index (χ3v) is 6.64. The molecule has 7 heteroatoms. The summed E-state index contributed by atoms with van der Waals surface area (Å²) in [5.74, 6) is 0. The van der Waals surface area contributed by atoms with Crippen molar-refractivity contribution in [1.29, 1.82) is 0 Å². The van der Waals surface area contributed by atoms with Crippen LogP contribution in [0.2, 0.25) is 0 Å². The lowest BCUT2D eigenvalue weighted by atomic mass is 10.1. The fourth-order valence-corrected chi connectivity index (χ4v) is 5.26. The van der Waals surface area contributed by atoms with E-state index in [0.717, 1.165) is 17.7 Å². The van der Waals surface area contributed by atoms with E-state index in [1.807, 2.05) is 21.1 Å². The fourth-order valence-electron chi connectivity index (χ4n) is 2.47. The van der Waals surface area contributed by atoms with Gasteiger partial charge in [0.1, 0.15) is 0 Å². The SMILES string of the molecule is CNCc1cc(S(=O)(=O)N2CCCC(N(C)C)C2)cs1. The topological polar surface area (TPSA) is 52.7 Å². The Kier molecular flexibility index (Phi) is 5.19. The second-order valence-corrected chi connectivity index (χ2v) is 8.34. The van der Waals surface area contributed by atoms with Gasteiger partial charge in [-0.25, -0.2) is 8.42 Å². The van der Waals surface area contributed by atoms with Crippen LogP contribution in [0.4, 0.5) is 0 Å². The van der Waals surface area contributed by atoms with Gasteiger partial charge in [0.15, 0.2) is 0 Å². The molecule has 0 spiro atoms. The van der Waals surface area contributed by atoms with E-state index in [-0.39, 0.29) is 0 Å². The summed E-state index contributed by atoms with van der Waals surface area (Å²) < 4.78 is 27.0. The maximum absolute atomic E-state index is 12.7. The first-order valence-corrected chi connectivity index (χ1v) is 9.15. The number of piperidine rings is 1. The molecule has 1 fully saturated rings. The predicted octanol–water partition coefficient (Wildman–Crippen LogP) is 1.18. The van der Waals surface area contributed by atoms with Crippen LogP contribution in [0.3, 0.4) is 0 Å². The lowest BCUT2D eigenvalue weighted by Crippen LogP contribution is -2.47. The largest absolute Gasteiger partial charge is 0.315 e. The van der Waals surface area contributed by atoms with Crippen LogP contribution in [0.1, 0.15) is 17.7 Å². The van der Waals surface area contributed by atoms with Gasteiger partial charge in [0.2, 0.25) is 10.0 Å². The van der Waals surface area contributed by atoms with Crippen molar-refractivity contribution in [3.05, 3.63) is 16.3 Å². The van der Waals surface area contributed by atoms with Gasteiger partial charge in [-0.3, -0.25) is 0 Å². The lowest BCUT2D eigenvalue weighted by molar-refractivity contribution is 0.190. The molecule has 2 rings (SSSR count). The van der Waals surface area contributed by atoms with Gasteiger partial charge in [-0.1, -0.05) is 0 Å². The molecule has 20 heavy (non-hydrogen) atoms. The molecule has 5 nitrogen and oxygen atoms in total. The summed E-state index contributed by atoms with van der Waals surface area (Å²) in [6.07, 6.45) is 1.99. The molecule has 1 atom stereocenters. The standard InChI is InChI=1S/C13H23N3O2S2/c1-14-8-12-7-13(10-19-12)20(17,18)16-6-4-5-11(9-16)15(2)3/h7,10-11,14H,4-6,8-9H2,1-3H3. The van der Waals surface area contributed by atoms with Crippen LogP contribution in [0, 0.1) is 0 Å². The van der Waals surface area contributed by atoms with Gasteiger partial charge < -0.3 is 10.2 Å². The van der Waals surface area contributed by atoms with Gasteiger partial charge in [0.25, 0.3) is 0 Å². The van der Waals surface area contributed by atoms with Crippen molar-refractivity contribution >= 4 is 21.4 Å². The summed E-state index contributed by atoms with van der Waals surface area (Å²) in [6, 6.07) is 2.10.